The lowest BCUT2D eigenvalue weighted by Crippen LogP contribution is -2.59. The van der Waals surface area contributed by atoms with Gasteiger partial charge in [0.1, 0.15) is 29.3 Å². The number of halogens is 3. The molecular formula is C26H28ClF2N3O5. The molecule has 1 N–H and O–H groups in total. The summed E-state index contributed by atoms with van der Waals surface area (Å²) >= 11 is 6.15. The van der Waals surface area contributed by atoms with Crippen LogP contribution in [-0.4, -0.2) is 52.5 Å². The number of rotatable bonds is 5. The van der Waals surface area contributed by atoms with Gasteiger partial charge in [-0.05, 0) is 58.4 Å². The number of nitrogens with one attached hydrogen (secondary N) is 1. The molecule has 0 bridgehead atoms. The SMILES string of the molecule is Cc1oc2ccc(OCc3cnccc3Cl)cc2c1C(=O)NC1CCN(C(=O)OC(C)(C)C)CC1(F)F. The van der Waals surface area contributed by atoms with Crippen molar-refractivity contribution >= 4 is 34.6 Å². The van der Waals surface area contributed by atoms with E-state index in [4.69, 9.17) is 25.5 Å². The Morgan fingerprint density at radius 1 is 1.30 bits per heavy atom. The number of carbonyl (C=O) groups is 2. The fourth-order valence-electron chi connectivity index (χ4n) is 4.08. The number of amides is 2. The van der Waals surface area contributed by atoms with Crippen molar-refractivity contribution in [3.05, 3.63) is 58.6 Å². The molecule has 37 heavy (non-hydrogen) atoms. The zero-order valence-electron chi connectivity index (χ0n) is 20.9. The van der Waals surface area contributed by atoms with E-state index in [9.17, 15) is 18.4 Å². The van der Waals surface area contributed by atoms with E-state index in [1.165, 1.54) is 0 Å². The van der Waals surface area contributed by atoms with Crippen LogP contribution in [0.5, 0.6) is 5.75 Å². The average Bonchev–Trinajstić information content (AvgIpc) is 3.13. The minimum absolute atomic E-state index is 0.0233. The van der Waals surface area contributed by atoms with Crippen molar-refractivity contribution < 1.29 is 32.3 Å². The maximum absolute atomic E-state index is 15.0. The Morgan fingerprint density at radius 3 is 2.73 bits per heavy atom. The molecule has 3 aromatic rings. The summed E-state index contributed by atoms with van der Waals surface area (Å²) < 4.78 is 46.6. The van der Waals surface area contributed by atoms with Crippen LogP contribution in [0.4, 0.5) is 13.6 Å². The van der Waals surface area contributed by atoms with Gasteiger partial charge in [0.05, 0.1) is 23.2 Å². The summed E-state index contributed by atoms with van der Waals surface area (Å²) in [5, 5.41) is 3.38. The molecule has 2 amide bonds. The number of ether oxygens (including phenoxy) is 2. The zero-order valence-corrected chi connectivity index (χ0v) is 21.7. The summed E-state index contributed by atoms with van der Waals surface area (Å²) in [6.45, 7) is 5.91. The van der Waals surface area contributed by atoms with Crippen LogP contribution in [0, 0.1) is 6.92 Å². The van der Waals surface area contributed by atoms with Crippen LogP contribution in [0.1, 0.15) is 48.9 Å². The normalized spacial score (nSPS) is 17.5. The summed E-state index contributed by atoms with van der Waals surface area (Å²) in [5.41, 5.74) is 0.445. The highest BCUT2D eigenvalue weighted by molar-refractivity contribution is 6.31. The summed E-state index contributed by atoms with van der Waals surface area (Å²) in [7, 11) is 0. The van der Waals surface area contributed by atoms with Crippen molar-refractivity contribution in [2.75, 3.05) is 13.1 Å². The average molecular weight is 536 g/mol. The Morgan fingerprint density at radius 2 is 2.05 bits per heavy atom. The molecule has 1 aromatic carbocycles. The fraction of sp³-hybridized carbons (Fsp3) is 0.423. The first kappa shape index (κ1) is 26.7. The van der Waals surface area contributed by atoms with Crippen LogP contribution in [0.15, 0.2) is 41.1 Å². The summed E-state index contributed by atoms with van der Waals surface area (Å²) in [6.07, 6.45) is 2.22. The predicted molar refractivity (Wildman–Crippen MR) is 133 cm³/mol. The number of pyridine rings is 1. The molecule has 0 saturated carbocycles. The lowest BCUT2D eigenvalue weighted by atomic mass is 10.00. The third-order valence-electron chi connectivity index (χ3n) is 5.86. The van der Waals surface area contributed by atoms with Gasteiger partial charge in [-0.15, -0.1) is 0 Å². The summed E-state index contributed by atoms with van der Waals surface area (Å²) in [5.74, 6) is -3.32. The lowest BCUT2D eigenvalue weighted by Gasteiger charge is -2.38. The topological polar surface area (TPSA) is 93.9 Å². The number of fused-ring (bicyclic) bond motifs is 1. The number of aromatic nitrogens is 1. The molecule has 11 heteroatoms. The molecule has 1 saturated heterocycles. The van der Waals surface area contributed by atoms with Gasteiger partial charge in [0.25, 0.3) is 11.8 Å². The number of alkyl halides is 2. The second kappa shape index (κ2) is 10.2. The van der Waals surface area contributed by atoms with Gasteiger partial charge in [0.2, 0.25) is 0 Å². The van der Waals surface area contributed by atoms with Crippen molar-refractivity contribution in [1.82, 2.24) is 15.2 Å². The second-order valence-corrected chi connectivity index (χ2v) is 10.3. The number of aryl methyl sites for hydroxylation is 1. The molecule has 1 atom stereocenters. The van der Waals surface area contributed by atoms with E-state index < -0.39 is 36.1 Å². The first-order valence-electron chi connectivity index (χ1n) is 11.7. The molecule has 0 spiro atoms. The van der Waals surface area contributed by atoms with Gasteiger partial charge in [-0.2, -0.15) is 0 Å². The predicted octanol–water partition coefficient (Wildman–Crippen LogP) is 5.74. The van der Waals surface area contributed by atoms with Crippen LogP contribution in [0.3, 0.4) is 0 Å². The molecule has 198 valence electrons. The van der Waals surface area contributed by atoms with Crippen molar-refractivity contribution in [3.8, 4) is 5.75 Å². The van der Waals surface area contributed by atoms with Gasteiger partial charge >= 0.3 is 6.09 Å². The van der Waals surface area contributed by atoms with Crippen molar-refractivity contribution in [2.45, 2.75) is 58.3 Å². The van der Waals surface area contributed by atoms with Crippen molar-refractivity contribution in [3.63, 3.8) is 0 Å². The maximum Gasteiger partial charge on any atom is 0.410 e. The number of hydrogen-bond acceptors (Lipinski definition) is 6. The van der Waals surface area contributed by atoms with Crippen LogP contribution in [-0.2, 0) is 11.3 Å². The van der Waals surface area contributed by atoms with Crippen molar-refractivity contribution in [2.24, 2.45) is 0 Å². The van der Waals surface area contributed by atoms with Crippen LogP contribution < -0.4 is 10.1 Å². The van der Waals surface area contributed by atoms with E-state index in [-0.39, 0.29) is 30.9 Å². The van der Waals surface area contributed by atoms with Gasteiger partial charge in [-0.3, -0.25) is 9.78 Å². The highest BCUT2D eigenvalue weighted by atomic mass is 35.5. The molecule has 1 fully saturated rings. The van der Waals surface area contributed by atoms with Gasteiger partial charge in [0, 0.05) is 29.9 Å². The van der Waals surface area contributed by atoms with Gasteiger partial charge < -0.3 is 24.1 Å². The first-order chi connectivity index (χ1) is 17.3. The summed E-state index contributed by atoms with van der Waals surface area (Å²) in [4.78, 5) is 30.4. The molecule has 2 aromatic heterocycles. The smallest absolute Gasteiger partial charge is 0.410 e. The quantitative estimate of drug-likeness (QED) is 0.447. The van der Waals surface area contributed by atoms with Crippen LogP contribution >= 0.6 is 11.6 Å². The highest BCUT2D eigenvalue weighted by Crippen LogP contribution is 2.32. The Balaban J connectivity index is 1.48. The standard InChI is InChI=1S/C26H28ClF2N3O5/c1-15-22(18-11-17(5-6-20(18)36-15)35-13-16-12-30-9-7-19(16)27)23(33)31-21-8-10-32(14-26(21,28)29)24(34)37-25(2,3)4/h5-7,9,11-12,21H,8,10,13-14H2,1-4H3,(H,31,33). The molecule has 1 unspecified atom stereocenters. The van der Waals surface area contributed by atoms with E-state index in [2.05, 4.69) is 10.3 Å². The van der Waals surface area contributed by atoms with Gasteiger partial charge in [-0.25, -0.2) is 13.6 Å². The number of likely N-dealkylation sites (tertiary alicyclic amines) is 1. The van der Waals surface area contributed by atoms with E-state index in [1.54, 1.807) is 64.4 Å². The fourth-order valence-corrected chi connectivity index (χ4v) is 4.24. The largest absolute Gasteiger partial charge is 0.489 e. The van der Waals surface area contributed by atoms with E-state index in [0.717, 1.165) is 4.90 Å². The molecule has 0 aliphatic carbocycles. The van der Waals surface area contributed by atoms with Crippen molar-refractivity contribution in [1.29, 1.82) is 0 Å². The Hall–Kier alpha value is -3.40. The number of benzene rings is 1. The summed E-state index contributed by atoms with van der Waals surface area (Å²) in [6, 6.07) is 5.13. The maximum atomic E-state index is 15.0. The Kier molecular flexibility index (Phi) is 7.32. The number of nitrogens with zero attached hydrogens (tertiary/aromatic N) is 2. The molecule has 1 aliphatic rings. The van der Waals surface area contributed by atoms with Crippen LogP contribution in [0.2, 0.25) is 5.02 Å². The minimum Gasteiger partial charge on any atom is -0.489 e. The third kappa shape index (κ3) is 6.12. The Bertz CT molecular complexity index is 1320. The number of piperidine rings is 1. The number of furan rings is 1. The molecule has 4 rings (SSSR count). The van der Waals surface area contributed by atoms with E-state index in [0.29, 0.717) is 27.3 Å². The molecule has 1 aliphatic heterocycles. The molecule has 0 radical (unpaired) electrons. The molecule has 3 heterocycles. The van der Waals surface area contributed by atoms with Gasteiger partial charge in [0.15, 0.2) is 0 Å². The van der Waals surface area contributed by atoms with Gasteiger partial charge in [-0.1, -0.05) is 11.6 Å². The highest BCUT2D eigenvalue weighted by Gasteiger charge is 2.47. The van der Waals surface area contributed by atoms with Crippen LogP contribution in [0.25, 0.3) is 11.0 Å². The Labute approximate surface area is 217 Å². The molecule has 8 nitrogen and oxygen atoms in total. The monoisotopic (exact) mass is 535 g/mol. The third-order valence-corrected chi connectivity index (χ3v) is 6.23. The minimum atomic E-state index is -3.35. The number of carbonyl (C=O) groups excluding carboxylic acids is 2. The van der Waals surface area contributed by atoms with E-state index >= 15 is 0 Å². The number of hydrogen-bond donors (Lipinski definition) is 1. The lowest BCUT2D eigenvalue weighted by molar-refractivity contribution is -0.0889. The zero-order chi connectivity index (χ0) is 27.0. The second-order valence-electron chi connectivity index (χ2n) is 9.92. The first-order valence-corrected chi connectivity index (χ1v) is 12.1. The molecular weight excluding hydrogens is 508 g/mol. The van der Waals surface area contributed by atoms with E-state index in [1.807, 2.05) is 0 Å².